The summed E-state index contributed by atoms with van der Waals surface area (Å²) < 4.78 is 4.85. The van der Waals surface area contributed by atoms with E-state index >= 15 is 0 Å². The minimum absolute atomic E-state index is 0.361. The van der Waals surface area contributed by atoms with Crippen molar-refractivity contribution in [3.8, 4) is 11.1 Å². The maximum atomic E-state index is 11.9. The van der Waals surface area contributed by atoms with Crippen LogP contribution in [0, 0.1) is 6.92 Å². The summed E-state index contributed by atoms with van der Waals surface area (Å²) in [7, 11) is 1.37. The molecule has 23 heavy (non-hydrogen) atoms. The largest absolute Gasteiger partial charge is 0.465 e. The first-order chi connectivity index (χ1) is 11.2. The molecule has 0 saturated heterocycles. The Morgan fingerprint density at radius 1 is 1.00 bits per heavy atom. The molecule has 3 nitrogen and oxygen atoms in total. The Kier molecular flexibility index (Phi) is 3.94. The average molecular weight is 304 g/mol. The Morgan fingerprint density at radius 2 is 1.78 bits per heavy atom. The van der Waals surface area contributed by atoms with Gasteiger partial charge in [-0.25, -0.2) is 4.79 Å². The second-order valence-electron chi connectivity index (χ2n) is 5.38. The van der Waals surface area contributed by atoms with Crippen molar-refractivity contribution < 1.29 is 14.3 Å². The fourth-order valence-electron chi connectivity index (χ4n) is 2.88. The van der Waals surface area contributed by atoms with Crippen LogP contribution in [-0.4, -0.2) is 19.4 Å². The monoisotopic (exact) mass is 304 g/mol. The highest BCUT2D eigenvalue weighted by atomic mass is 16.5. The number of esters is 1. The maximum Gasteiger partial charge on any atom is 0.338 e. The lowest BCUT2D eigenvalue weighted by atomic mass is 9.91. The Bertz CT molecular complexity index is 910. The highest BCUT2D eigenvalue weighted by Gasteiger charge is 2.15. The molecule has 3 rings (SSSR count). The number of hydrogen-bond donors (Lipinski definition) is 0. The molecule has 3 heteroatoms. The van der Waals surface area contributed by atoms with Crippen LogP contribution in [-0.2, 0) is 4.74 Å². The molecule has 0 unspecified atom stereocenters. The molecule has 0 atom stereocenters. The fraction of sp³-hybridized carbons (Fsp3) is 0.100. The molecular formula is C20H16O3. The van der Waals surface area contributed by atoms with Crippen LogP contribution in [0.5, 0.6) is 0 Å². The number of carbonyl (C=O) groups excluding carboxylic acids is 2. The van der Waals surface area contributed by atoms with Gasteiger partial charge in [-0.1, -0.05) is 36.4 Å². The normalized spacial score (nSPS) is 10.5. The Balaban J connectivity index is 2.33. The van der Waals surface area contributed by atoms with Gasteiger partial charge in [0.1, 0.15) is 6.29 Å². The van der Waals surface area contributed by atoms with Crippen LogP contribution >= 0.6 is 0 Å². The maximum absolute atomic E-state index is 11.9. The number of fused-ring (bicyclic) bond motifs is 1. The third-order valence-electron chi connectivity index (χ3n) is 4.05. The van der Waals surface area contributed by atoms with Gasteiger partial charge in [-0.3, -0.25) is 4.79 Å². The van der Waals surface area contributed by atoms with Crippen molar-refractivity contribution in [2.24, 2.45) is 0 Å². The van der Waals surface area contributed by atoms with E-state index < -0.39 is 0 Å². The van der Waals surface area contributed by atoms with Gasteiger partial charge >= 0.3 is 5.97 Å². The topological polar surface area (TPSA) is 43.4 Å². The predicted molar refractivity (Wildman–Crippen MR) is 90.8 cm³/mol. The lowest BCUT2D eigenvalue weighted by molar-refractivity contribution is 0.0600. The van der Waals surface area contributed by atoms with Crippen molar-refractivity contribution in [2.75, 3.05) is 7.11 Å². The van der Waals surface area contributed by atoms with Gasteiger partial charge < -0.3 is 4.74 Å². The van der Waals surface area contributed by atoms with Gasteiger partial charge in [0.05, 0.1) is 12.7 Å². The number of rotatable bonds is 3. The molecule has 0 aliphatic heterocycles. The highest BCUT2D eigenvalue weighted by Crippen LogP contribution is 2.33. The number of ether oxygens (including phenoxy) is 1. The SMILES string of the molecule is COC(=O)c1cccc(-c2cc(C=O)cc3ccccc23)c1C. The third kappa shape index (κ3) is 2.61. The molecule has 3 aromatic carbocycles. The predicted octanol–water partition coefficient (Wildman–Crippen LogP) is 4.41. The van der Waals surface area contributed by atoms with Crippen LogP contribution in [0.3, 0.4) is 0 Å². The average Bonchev–Trinajstić information content (AvgIpc) is 2.60. The Hall–Kier alpha value is -2.94. The van der Waals surface area contributed by atoms with Crippen molar-refractivity contribution in [2.45, 2.75) is 6.92 Å². The number of hydrogen-bond acceptors (Lipinski definition) is 3. The van der Waals surface area contributed by atoms with Crippen molar-refractivity contribution in [3.05, 3.63) is 71.3 Å². The minimum Gasteiger partial charge on any atom is -0.465 e. The van der Waals surface area contributed by atoms with E-state index in [-0.39, 0.29) is 5.97 Å². The first kappa shape index (κ1) is 15.0. The summed E-state index contributed by atoms with van der Waals surface area (Å²) in [6.07, 6.45) is 0.843. The number of aldehydes is 1. The molecule has 0 fully saturated rings. The molecule has 0 radical (unpaired) electrons. The molecular weight excluding hydrogens is 288 g/mol. The van der Waals surface area contributed by atoms with Crippen LogP contribution in [0.2, 0.25) is 0 Å². The standard InChI is InChI=1S/C20H16O3/c1-13-16(8-5-9-17(13)20(22)23-2)19-11-14(12-21)10-15-6-3-4-7-18(15)19/h3-12H,1-2H3. The van der Waals surface area contributed by atoms with Crippen molar-refractivity contribution >= 4 is 23.0 Å². The minimum atomic E-state index is -0.361. The second kappa shape index (κ2) is 6.05. The molecule has 0 spiro atoms. The summed E-state index contributed by atoms with van der Waals surface area (Å²) in [5.74, 6) is -0.361. The molecule has 0 heterocycles. The molecule has 3 aromatic rings. The first-order valence-corrected chi connectivity index (χ1v) is 7.32. The van der Waals surface area contributed by atoms with Gasteiger partial charge in [0.2, 0.25) is 0 Å². The van der Waals surface area contributed by atoms with E-state index in [0.29, 0.717) is 11.1 Å². The van der Waals surface area contributed by atoms with Gasteiger partial charge in [0, 0.05) is 5.56 Å². The molecule has 0 aliphatic rings. The van der Waals surface area contributed by atoms with Crippen LogP contribution in [0.25, 0.3) is 21.9 Å². The van der Waals surface area contributed by atoms with Crippen molar-refractivity contribution in [1.82, 2.24) is 0 Å². The lowest BCUT2D eigenvalue weighted by Crippen LogP contribution is -2.04. The van der Waals surface area contributed by atoms with Crippen molar-refractivity contribution in [3.63, 3.8) is 0 Å². The summed E-state index contributed by atoms with van der Waals surface area (Å²) in [5, 5.41) is 2.04. The number of carbonyl (C=O) groups is 2. The summed E-state index contributed by atoms with van der Waals surface area (Å²) in [4.78, 5) is 23.2. The smallest absolute Gasteiger partial charge is 0.338 e. The first-order valence-electron chi connectivity index (χ1n) is 7.32. The van der Waals surface area contributed by atoms with Crippen molar-refractivity contribution in [1.29, 1.82) is 0 Å². The lowest BCUT2D eigenvalue weighted by Gasteiger charge is -2.13. The zero-order valence-corrected chi connectivity index (χ0v) is 13.0. The van der Waals surface area contributed by atoms with Crippen LogP contribution in [0.1, 0.15) is 26.3 Å². The molecule has 0 aromatic heterocycles. The Labute approximate surface area is 134 Å². The van der Waals surface area contributed by atoms with Gasteiger partial charge in [-0.15, -0.1) is 0 Å². The summed E-state index contributed by atoms with van der Waals surface area (Å²) in [6, 6.07) is 17.2. The van der Waals surface area contributed by atoms with Crippen LogP contribution in [0.15, 0.2) is 54.6 Å². The summed E-state index contributed by atoms with van der Waals surface area (Å²) in [6.45, 7) is 1.89. The van der Waals surface area contributed by atoms with Gasteiger partial charge in [-0.05, 0) is 52.6 Å². The van der Waals surface area contributed by atoms with Crippen LogP contribution in [0.4, 0.5) is 0 Å². The molecule has 0 bridgehead atoms. The van der Waals surface area contributed by atoms with E-state index in [1.165, 1.54) is 7.11 Å². The fourth-order valence-corrected chi connectivity index (χ4v) is 2.88. The number of benzene rings is 3. The van der Waals surface area contributed by atoms with E-state index in [2.05, 4.69) is 0 Å². The molecule has 114 valence electrons. The highest BCUT2D eigenvalue weighted by molar-refractivity contribution is 6.02. The molecule has 0 amide bonds. The van der Waals surface area contributed by atoms with E-state index in [0.717, 1.165) is 33.7 Å². The van der Waals surface area contributed by atoms with E-state index in [9.17, 15) is 9.59 Å². The van der Waals surface area contributed by atoms with Gasteiger partial charge in [0.15, 0.2) is 0 Å². The van der Waals surface area contributed by atoms with E-state index in [4.69, 9.17) is 4.74 Å². The zero-order valence-electron chi connectivity index (χ0n) is 13.0. The second-order valence-corrected chi connectivity index (χ2v) is 5.38. The van der Waals surface area contributed by atoms with Gasteiger partial charge in [0.25, 0.3) is 0 Å². The van der Waals surface area contributed by atoms with Crippen LogP contribution < -0.4 is 0 Å². The third-order valence-corrected chi connectivity index (χ3v) is 4.05. The molecule has 0 saturated carbocycles. The molecule has 0 N–H and O–H groups in total. The Morgan fingerprint density at radius 3 is 2.52 bits per heavy atom. The zero-order chi connectivity index (χ0) is 16.4. The quantitative estimate of drug-likeness (QED) is 0.531. The summed E-state index contributed by atoms with van der Waals surface area (Å²) >= 11 is 0. The summed E-state index contributed by atoms with van der Waals surface area (Å²) in [5.41, 5.74) is 3.85. The van der Waals surface area contributed by atoms with E-state index in [1.807, 2.05) is 55.5 Å². The molecule has 0 aliphatic carbocycles. The van der Waals surface area contributed by atoms with E-state index in [1.54, 1.807) is 6.07 Å². The van der Waals surface area contributed by atoms with Gasteiger partial charge in [-0.2, -0.15) is 0 Å². The number of methoxy groups -OCH3 is 1.